The van der Waals surface area contributed by atoms with Gasteiger partial charge < -0.3 is 10.6 Å². The molecule has 4 aromatic rings. The van der Waals surface area contributed by atoms with Gasteiger partial charge in [0.1, 0.15) is 11.6 Å². The molecule has 0 spiro atoms. The predicted octanol–water partition coefficient (Wildman–Crippen LogP) is 6.79. The quantitative estimate of drug-likeness (QED) is 0.381. The van der Waals surface area contributed by atoms with Crippen LogP contribution in [0.15, 0.2) is 66.9 Å². The number of nitrogens with one attached hydrogen (secondary N) is 2. The van der Waals surface area contributed by atoms with E-state index in [1.165, 1.54) is 6.20 Å². The molecule has 30 heavy (non-hydrogen) atoms. The topological polar surface area (TPSA) is 54.0 Å². The molecule has 1 aromatic heterocycles. The minimum Gasteiger partial charge on any atom is -0.306 e. The monoisotopic (exact) mass is 423 g/mol. The van der Waals surface area contributed by atoms with Crippen LogP contribution < -0.4 is 10.6 Å². The summed E-state index contributed by atoms with van der Waals surface area (Å²) in [6.45, 7) is 1.98. The highest BCUT2D eigenvalue weighted by Gasteiger charge is 2.15. The average molecular weight is 424 g/mol. The van der Waals surface area contributed by atoms with Crippen LogP contribution in [0.1, 0.15) is 5.56 Å². The van der Waals surface area contributed by atoms with Crippen LogP contribution in [0.5, 0.6) is 0 Å². The zero-order chi connectivity index (χ0) is 21.3. The highest BCUT2D eigenvalue weighted by molar-refractivity contribution is 6.31. The summed E-state index contributed by atoms with van der Waals surface area (Å²) >= 11 is 6.20. The van der Waals surface area contributed by atoms with Crippen molar-refractivity contribution in [1.82, 2.24) is 4.98 Å². The molecule has 0 aliphatic rings. The minimum absolute atomic E-state index is 0.137. The molecular weight excluding hydrogens is 408 g/mol. The number of fused-ring (bicyclic) bond motifs is 1. The average Bonchev–Trinajstić information content (AvgIpc) is 2.71. The van der Waals surface area contributed by atoms with Crippen LogP contribution in [-0.2, 0) is 0 Å². The van der Waals surface area contributed by atoms with Gasteiger partial charge in [0.15, 0.2) is 0 Å². The Morgan fingerprint density at radius 2 is 1.67 bits per heavy atom. The van der Waals surface area contributed by atoms with E-state index in [-0.39, 0.29) is 5.69 Å². The molecule has 3 aromatic carbocycles. The summed E-state index contributed by atoms with van der Waals surface area (Å²) in [5.41, 5.74) is 3.69. The van der Waals surface area contributed by atoms with Gasteiger partial charge in [-0.3, -0.25) is 4.98 Å². The Morgan fingerprint density at radius 1 is 0.933 bits per heavy atom. The number of nitrogens with zero attached hydrogens (tertiary/aromatic N) is 1. The van der Waals surface area contributed by atoms with Gasteiger partial charge in [-0.05, 0) is 42.8 Å². The number of amides is 2. The Hall–Kier alpha value is -3.51. The second-order valence-corrected chi connectivity index (χ2v) is 7.21. The molecule has 0 fully saturated rings. The summed E-state index contributed by atoms with van der Waals surface area (Å²) < 4.78 is 27.0. The van der Waals surface area contributed by atoms with Gasteiger partial charge in [-0.2, -0.15) is 0 Å². The van der Waals surface area contributed by atoms with E-state index >= 15 is 0 Å². The number of anilines is 2. The molecule has 0 atom stereocenters. The Balaban J connectivity index is 1.75. The van der Waals surface area contributed by atoms with E-state index in [1.54, 1.807) is 18.2 Å². The molecule has 1 heterocycles. The van der Waals surface area contributed by atoms with E-state index in [0.29, 0.717) is 22.3 Å². The third kappa shape index (κ3) is 4.09. The summed E-state index contributed by atoms with van der Waals surface area (Å²) in [5, 5.41) is 6.39. The molecule has 0 unspecified atom stereocenters. The SMILES string of the molecule is Cc1ccc(-c2c(NC(=O)Nc3ccc(F)cc3F)cnc3ccc(Cl)cc23)cc1. The number of carbonyl (C=O) groups is 1. The molecule has 4 rings (SSSR count). The molecule has 0 aliphatic heterocycles. The van der Waals surface area contributed by atoms with Crippen LogP contribution in [0, 0.1) is 18.6 Å². The van der Waals surface area contributed by atoms with Crippen molar-refractivity contribution >= 4 is 39.9 Å². The number of aromatic nitrogens is 1. The Bertz CT molecular complexity index is 1260. The largest absolute Gasteiger partial charge is 0.323 e. The van der Waals surface area contributed by atoms with E-state index in [1.807, 2.05) is 31.2 Å². The summed E-state index contributed by atoms with van der Waals surface area (Å²) in [7, 11) is 0. The smallest absolute Gasteiger partial charge is 0.306 e. The van der Waals surface area contributed by atoms with E-state index in [9.17, 15) is 13.6 Å². The number of aryl methyl sites for hydroxylation is 1. The second kappa shape index (κ2) is 8.08. The normalized spacial score (nSPS) is 10.8. The first kappa shape index (κ1) is 19.8. The molecule has 0 saturated heterocycles. The zero-order valence-corrected chi connectivity index (χ0v) is 16.6. The molecule has 4 nitrogen and oxygen atoms in total. The first-order chi connectivity index (χ1) is 14.4. The fourth-order valence-electron chi connectivity index (χ4n) is 3.16. The maximum Gasteiger partial charge on any atom is 0.323 e. The third-order valence-electron chi connectivity index (χ3n) is 4.60. The van der Waals surface area contributed by atoms with Gasteiger partial charge in [0.25, 0.3) is 0 Å². The van der Waals surface area contributed by atoms with Gasteiger partial charge in [0.05, 0.1) is 23.1 Å². The molecule has 0 radical (unpaired) electrons. The number of rotatable bonds is 3. The number of hydrogen-bond acceptors (Lipinski definition) is 2. The van der Waals surface area contributed by atoms with Crippen molar-refractivity contribution in [3.63, 3.8) is 0 Å². The standard InChI is InChI=1S/C23H16ClF2N3O/c1-13-2-4-14(5-3-13)22-17-10-15(24)6-8-19(17)27-12-21(22)29-23(30)28-20-9-7-16(25)11-18(20)26/h2-12H,1H3,(H2,28,29,30). The Kier molecular flexibility index (Phi) is 5.33. The summed E-state index contributed by atoms with van der Waals surface area (Å²) in [6, 6.07) is 15.4. The number of urea groups is 1. The van der Waals surface area contributed by atoms with E-state index in [4.69, 9.17) is 11.6 Å². The molecule has 0 saturated carbocycles. The lowest BCUT2D eigenvalue weighted by Crippen LogP contribution is -2.20. The molecule has 2 amide bonds. The highest BCUT2D eigenvalue weighted by Crippen LogP contribution is 2.36. The van der Waals surface area contributed by atoms with Gasteiger partial charge in [-0.1, -0.05) is 41.4 Å². The number of benzene rings is 3. The van der Waals surface area contributed by atoms with E-state index < -0.39 is 17.7 Å². The minimum atomic E-state index is -0.868. The lowest BCUT2D eigenvalue weighted by atomic mass is 9.98. The van der Waals surface area contributed by atoms with Crippen molar-refractivity contribution in [3.05, 3.63) is 89.1 Å². The van der Waals surface area contributed by atoms with Crippen molar-refractivity contribution in [2.75, 3.05) is 10.6 Å². The fourth-order valence-corrected chi connectivity index (χ4v) is 3.33. The van der Waals surface area contributed by atoms with Gasteiger partial charge in [-0.15, -0.1) is 0 Å². The molecule has 7 heteroatoms. The summed E-state index contributed by atoms with van der Waals surface area (Å²) in [6.07, 6.45) is 1.53. The van der Waals surface area contributed by atoms with E-state index in [2.05, 4.69) is 15.6 Å². The summed E-state index contributed by atoms with van der Waals surface area (Å²) in [5.74, 6) is -1.59. The molecule has 150 valence electrons. The van der Waals surface area contributed by atoms with Crippen LogP contribution in [0.25, 0.3) is 22.0 Å². The van der Waals surface area contributed by atoms with Crippen LogP contribution in [0.2, 0.25) is 5.02 Å². The molecule has 2 N–H and O–H groups in total. The first-order valence-corrected chi connectivity index (χ1v) is 9.47. The fraction of sp³-hybridized carbons (Fsp3) is 0.0435. The lowest BCUT2D eigenvalue weighted by molar-refractivity contribution is 0.262. The molecule has 0 bridgehead atoms. The van der Waals surface area contributed by atoms with Gasteiger partial charge in [0, 0.05) is 22.0 Å². The number of halogens is 3. The van der Waals surface area contributed by atoms with Crippen molar-refractivity contribution in [2.24, 2.45) is 0 Å². The van der Waals surface area contributed by atoms with Crippen LogP contribution in [0.4, 0.5) is 25.0 Å². The first-order valence-electron chi connectivity index (χ1n) is 9.09. The maximum absolute atomic E-state index is 13.9. The van der Waals surface area contributed by atoms with Crippen molar-refractivity contribution in [2.45, 2.75) is 6.92 Å². The molecular formula is C23H16ClF2N3O. The van der Waals surface area contributed by atoms with Crippen LogP contribution >= 0.6 is 11.6 Å². The van der Waals surface area contributed by atoms with Crippen LogP contribution in [-0.4, -0.2) is 11.0 Å². The van der Waals surface area contributed by atoms with Crippen LogP contribution in [0.3, 0.4) is 0 Å². The Morgan fingerprint density at radius 3 is 2.40 bits per heavy atom. The van der Waals surface area contributed by atoms with E-state index in [0.717, 1.165) is 34.2 Å². The number of hydrogen-bond donors (Lipinski definition) is 2. The van der Waals surface area contributed by atoms with Gasteiger partial charge in [-0.25, -0.2) is 13.6 Å². The molecule has 0 aliphatic carbocycles. The van der Waals surface area contributed by atoms with Gasteiger partial charge >= 0.3 is 6.03 Å². The number of pyridine rings is 1. The zero-order valence-electron chi connectivity index (χ0n) is 15.8. The predicted molar refractivity (Wildman–Crippen MR) is 116 cm³/mol. The second-order valence-electron chi connectivity index (χ2n) is 6.78. The van der Waals surface area contributed by atoms with Crippen molar-refractivity contribution in [1.29, 1.82) is 0 Å². The third-order valence-corrected chi connectivity index (χ3v) is 4.83. The number of carbonyl (C=O) groups excluding carboxylic acids is 1. The van der Waals surface area contributed by atoms with Gasteiger partial charge in [0.2, 0.25) is 0 Å². The lowest BCUT2D eigenvalue weighted by Gasteiger charge is -2.15. The van der Waals surface area contributed by atoms with Crippen molar-refractivity contribution < 1.29 is 13.6 Å². The van der Waals surface area contributed by atoms with Crippen molar-refractivity contribution in [3.8, 4) is 11.1 Å². The summed E-state index contributed by atoms with van der Waals surface area (Å²) in [4.78, 5) is 16.9. The maximum atomic E-state index is 13.9. The Labute approximate surface area is 176 Å². The highest BCUT2D eigenvalue weighted by atomic mass is 35.5.